The largest absolute Gasteiger partial charge is 0.340 e. The van der Waals surface area contributed by atoms with Crippen LogP contribution in [0.1, 0.15) is 39.0 Å². The summed E-state index contributed by atoms with van der Waals surface area (Å²) in [5.41, 5.74) is -0.276. The van der Waals surface area contributed by atoms with Crippen LogP contribution in [-0.4, -0.2) is 32.9 Å². The Hall–Kier alpha value is -2.37. The van der Waals surface area contributed by atoms with Crippen LogP contribution in [-0.2, 0) is 11.3 Å². The summed E-state index contributed by atoms with van der Waals surface area (Å²) in [6.07, 6.45) is 4.51. The lowest BCUT2D eigenvalue weighted by molar-refractivity contribution is -0.135. The number of carbonyl (C=O) groups excluding carboxylic acids is 1. The molecule has 2 aromatic rings. The number of fused-ring (bicyclic) bond motifs is 1. The van der Waals surface area contributed by atoms with Crippen LogP contribution < -0.4 is 11.2 Å². The lowest BCUT2D eigenvalue weighted by Crippen LogP contribution is -2.44. The fourth-order valence-corrected chi connectivity index (χ4v) is 3.57. The van der Waals surface area contributed by atoms with Gasteiger partial charge in [-0.05, 0) is 37.8 Å². The second-order valence-corrected chi connectivity index (χ2v) is 6.32. The topological polar surface area (TPSA) is 75.2 Å². The van der Waals surface area contributed by atoms with Gasteiger partial charge in [0.1, 0.15) is 0 Å². The third-order valence-corrected chi connectivity index (χ3v) is 4.87. The molecule has 1 atom stereocenters. The van der Waals surface area contributed by atoms with Gasteiger partial charge in [-0.3, -0.25) is 19.1 Å². The SMILES string of the molecule is CC[C@@H]1CCCCN1C(=O)CCn1c(=O)[nH]c(=O)c2ccccc21. The number of amides is 1. The van der Waals surface area contributed by atoms with Crippen molar-refractivity contribution in [1.29, 1.82) is 0 Å². The monoisotopic (exact) mass is 329 g/mol. The Balaban J connectivity index is 1.82. The molecule has 6 heteroatoms. The first-order valence-corrected chi connectivity index (χ1v) is 8.63. The highest BCUT2D eigenvalue weighted by Gasteiger charge is 2.25. The van der Waals surface area contributed by atoms with Crippen LogP contribution in [0.15, 0.2) is 33.9 Å². The van der Waals surface area contributed by atoms with E-state index in [1.54, 1.807) is 24.3 Å². The van der Waals surface area contributed by atoms with E-state index in [1.165, 1.54) is 11.0 Å². The van der Waals surface area contributed by atoms with Crippen LogP contribution in [0.3, 0.4) is 0 Å². The van der Waals surface area contributed by atoms with Gasteiger partial charge in [0.25, 0.3) is 5.56 Å². The predicted molar refractivity (Wildman–Crippen MR) is 93.1 cm³/mol. The first-order chi connectivity index (χ1) is 11.6. The predicted octanol–water partition coefficient (Wildman–Crippen LogP) is 1.87. The van der Waals surface area contributed by atoms with Gasteiger partial charge < -0.3 is 4.90 Å². The lowest BCUT2D eigenvalue weighted by atomic mass is 9.99. The fraction of sp³-hybridized carbons (Fsp3) is 0.500. The van der Waals surface area contributed by atoms with Crippen molar-refractivity contribution in [2.75, 3.05) is 6.54 Å². The number of aromatic nitrogens is 2. The van der Waals surface area contributed by atoms with Gasteiger partial charge in [0.2, 0.25) is 5.91 Å². The summed E-state index contributed by atoms with van der Waals surface area (Å²) in [5, 5.41) is 0.467. The Bertz CT molecular complexity index is 852. The van der Waals surface area contributed by atoms with Crippen LogP contribution in [0.2, 0.25) is 0 Å². The second kappa shape index (κ2) is 7.03. The van der Waals surface area contributed by atoms with Crippen LogP contribution in [0, 0.1) is 0 Å². The number of hydrogen-bond acceptors (Lipinski definition) is 3. The molecule has 1 N–H and O–H groups in total. The molecule has 1 amide bonds. The molecule has 128 valence electrons. The highest BCUT2D eigenvalue weighted by molar-refractivity contribution is 5.79. The van der Waals surface area contributed by atoms with E-state index < -0.39 is 5.69 Å². The Morgan fingerprint density at radius 2 is 2.04 bits per heavy atom. The molecule has 0 saturated carbocycles. The molecule has 0 bridgehead atoms. The zero-order valence-electron chi connectivity index (χ0n) is 14.0. The maximum atomic E-state index is 12.6. The zero-order chi connectivity index (χ0) is 17.1. The van der Waals surface area contributed by atoms with Crippen molar-refractivity contribution in [3.8, 4) is 0 Å². The second-order valence-electron chi connectivity index (χ2n) is 6.32. The number of nitrogens with zero attached hydrogens (tertiary/aromatic N) is 2. The number of rotatable bonds is 4. The Morgan fingerprint density at radius 3 is 2.83 bits per heavy atom. The molecule has 1 saturated heterocycles. The smallest absolute Gasteiger partial charge is 0.328 e. The van der Waals surface area contributed by atoms with Gasteiger partial charge in [0.05, 0.1) is 10.9 Å². The molecule has 1 aromatic heterocycles. The van der Waals surface area contributed by atoms with E-state index in [9.17, 15) is 14.4 Å². The fourth-order valence-electron chi connectivity index (χ4n) is 3.57. The number of hydrogen-bond donors (Lipinski definition) is 1. The van der Waals surface area contributed by atoms with Gasteiger partial charge in [-0.2, -0.15) is 0 Å². The van der Waals surface area contributed by atoms with Crippen molar-refractivity contribution in [3.05, 3.63) is 45.1 Å². The molecule has 1 aromatic carbocycles. The van der Waals surface area contributed by atoms with Crippen molar-refractivity contribution in [3.63, 3.8) is 0 Å². The molecule has 0 spiro atoms. The standard InChI is InChI=1S/C18H23N3O3/c1-2-13-7-5-6-11-20(13)16(22)10-12-21-15-9-4-3-8-14(15)17(23)19-18(21)24/h3-4,8-9,13H,2,5-7,10-12H2,1H3,(H,19,23,24)/t13-/m1/s1. The number of likely N-dealkylation sites (tertiary alicyclic amines) is 1. The van der Waals surface area contributed by atoms with Crippen LogP contribution in [0.25, 0.3) is 10.9 Å². The van der Waals surface area contributed by atoms with E-state index >= 15 is 0 Å². The maximum absolute atomic E-state index is 12.6. The van der Waals surface area contributed by atoms with Crippen molar-refractivity contribution < 1.29 is 4.79 Å². The van der Waals surface area contributed by atoms with Crippen LogP contribution >= 0.6 is 0 Å². The molecule has 0 unspecified atom stereocenters. The lowest BCUT2D eigenvalue weighted by Gasteiger charge is -2.35. The quantitative estimate of drug-likeness (QED) is 0.930. The van der Waals surface area contributed by atoms with Crippen LogP contribution in [0.4, 0.5) is 0 Å². The summed E-state index contributed by atoms with van der Waals surface area (Å²) >= 11 is 0. The number of benzene rings is 1. The summed E-state index contributed by atoms with van der Waals surface area (Å²) < 4.78 is 1.49. The van der Waals surface area contributed by atoms with Crippen LogP contribution in [0.5, 0.6) is 0 Å². The van der Waals surface area contributed by atoms with Crippen molar-refractivity contribution in [2.24, 2.45) is 0 Å². The molecule has 0 radical (unpaired) electrons. The van der Waals surface area contributed by atoms with E-state index in [0.29, 0.717) is 16.9 Å². The van der Waals surface area contributed by atoms with E-state index in [4.69, 9.17) is 0 Å². The highest BCUT2D eigenvalue weighted by atomic mass is 16.2. The Labute approximate surface area is 140 Å². The van der Waals surface area contributed by atoms with Crippen molar-refractivity contribution >= 4 is 16.8 Å². The normalized spacial score (nSPS) is 18.0. The van der Waals surface area contributed by atoms with Gasteiger partial charge in [-0.25, -0.2) is 4.79 Å². The van der Waals surface area contributed by atoms with E-state index in [2.05, 4.69) is 11.9 Å². The summed E-state index contributed by atoms with van der Waals surface area (Å²) in [5.74, 6) is 0.0868. The number of H-pyrrole nitrogens is 1. The molecule has 2 heterocycles. The van der Waals surface area contributed by atoms with Gasteiger partial charge in [-0.15, -0.1) is 0 Å². The van der Waals surface area contributed by atoms with E-state index in [0.717, 1.165) is 25.8 Å². The van der Waals surface area contributed by atoms with Gasteiger partial charge in [0, 0.05) is 25.6 Å². The summed E-state index contributed by atoms with van der Waals surface area (Å²) in [6, 6.07) is 7.29. The van der Waals surface area contributed by atoms with Gasteiger partial charge >= 0.3 is 5.69 Å². The molecular formula is C18H23N3O3. The minimum atomic E-state index is -0.461. The molecule has 3 rings (SSSR count). The minimum Gasteiger partial charge on any atom is -0.340 e. The number of nitrogens with one attached hydrogen (secondary N) is 1. The van der Waals surface area contributed by atoms with E-state index in [-0.39, 0.29) is 24.4 Å². The van der Waals surface area contributed by atoms with Gasteiger partial charge in [0.15, 0.2) is 0 Å². The Kier molecular flexibility index (Phi) is 4.83. The summed E-state index contributed by atoms with van der Waals surface area (Å²) in [4.78, 5) is 40.9. The third-order valence-electron chi connectivity index (χ3n) is 4.87. The highest BCUT2D eigenvalue weighted by Crippen LogP contribution is 2.20. The van der Waals surface area contributed by atoms with Crippen molar-refractivity contribution in [1.82, 2.24) is 14.5 Å². The third kappa shape index (κ3) is 3.13. The number of piperidine rings is 1. The number of carbonyl (C=O) groups is 1. The maximum Gasteiger partial charge on any atom is 0.328 e. The summed E-state index contributed by atoms with van der Waals surface area (Å²) in [7, 11) is 0. The first kappa shape index (κ1) is 16.5. The molecule has 0 aliphatic carbocycles. The number of aryl methyl sites for hydroxylation is 1. The first-order valence-electron chi connectivity index (χ1n) is 8.63. The van der Waals surface area contributed by atoms with Crippen molar-refractivity contribution in [2.45, 2.75) is 51.6 Å². The number of para-hydroxylation sites is 1. The molecular weight excluding hydrogens is 306 g/mol. The molecule has 6 nitrogen and oxygen atoms in total. The molecule has 1 aliphatic rings. The Morgan fingerprint density at radius 1 is 1.25 bits per heavy atom. The summed E-state index contributed by atoms with van der Waals surface area (Å²) in [6.45, 7) is 3.19. The average Bonchev–Trinajstić information content (AvgIpc) is 2.61. The number of aromatic amines is 1. The zero-order valence-corrected chi connectivity index (χ0v) is 14.0. The van der Waals surface area contributed by atoms with Gasteiger partial charge in [-0.1, -0.05) is 19.1 Å². The minimum absolute atomic E-state index is 0.0868. The molecule has 24 heavy (non-hydrogen) atoms. The van der Waals surface area contributed by atoms with E-state index in [1.807, 2.05) is 4.90 Å². The molecule has 1 fully saturated rings. The average molecular weight is 329 g/mol. The molecule has 1 aliphatic heterocycles.